The van der Waals surface area contributed by atoms with Crippen molar-refractivity contribution in [3.05, 3.63) is 58.6 Å². The topological polar surface area (TPSA) is 72.7 Å². The summed E-state index contributed by atoms with van der Waals surface area (Å²) >= 11 is 5.62. The van der Waals surface area contributed by atoms with Gasteiger partial charge in [0.15, 0.2) is 0 Å². The molecule has 0 saturated carbocycles. The zero-order valence-corrected chi connectivity index (χ0v) is 14.7. The minimum absolute atomic E-state index is 0.0823. The number of nitrogens with one attached hydrogen (secondary N) is 1. The number of aromatic nitrogens is 4. The van der Waals surface area contributed by atoms with Crippen LogP contribution in [-0.4, -0.2) is 26.1 Å². The minimum atomic E-state index is -4.66. The number of alkyl halides is 3. The molecule has 140 valence electrons. The van der Waals surface area contributed by atoms with Crippen LogP contribution in [0.3, 0.4) is 0 Å². The second-order valence-electron chi connectivity index (χ2n) is 5.69. The van der Waals surface area contributed by atoms with E-state index in [9.17, 15) is 18.0 Å². The molecule has 0 aliphatic carbocycles. The highest BCUT2D eigenvalue weighted by atomic mass is 35.5. The van der Waals surface area contributed by atoms with E-state index in [0.717, 1.165) is 28.1 Å². The van der Waals surface area contributed by atoms with Crippen molar-refractivity contribution < 1.29 is 18.0 Å². The van der Waals surface area contributed by atoms with Crippen LogP contribution in [-0.2, 0) is 17.5 Å². The van der Waals surface area contributed by atoms with Crippen molar-refractivity contribution in [2.24, 2.45) is 0 Å². The first-order chi connectivity index (χ1) is 12.7. The maximum Gasteiger partial charge on any atom is 0.418 e. The molecule has 1 amide bonds. The molecule has 0 saturated heterocycles. The zero-order chi connectivity index (χ0) is 19.6. The molecular formula is C17H13ClF3N5O. The van der Waals surface area contributed by atoms with Crippen LogP contribution in [0.1, 0.15) is 11.1 Å². The fourth-order valence-electron chi connectivity index (χ4n) is 2.42. The molecule has 0 unspecified atom stereocenters. The summed E-state index contributed by atoms with van der Waals surface area (Å²) in [6, 6.07) is 10.5. The number of hydrogen-bond donors (Lipinski definition) is 1. The van der Waals surface area contributed by atoms with Crippen molar-refractivity contribution in [1.29, 1.82) is 0 Å². The maximum atomic E-state index is 13.1. The van der Waals surface area contributed by atoms with Crippen LogP contribution in [0, 0.1) is 6.92 Å². The van der Waals surface area contributed by atoms with Gasteiger partial charge in [-0.1, -0.05) is 35.9 Å². The number of tetrazole rings is 1. The second kappa shape index (κ2) is 7.36. The van der Waals surface area contributed by atoms with Gasteiger partial charge in [-0.25, -0.2) is 0 Å². The van der Waals surface area contributed by atoms with Gasteiger partial charge in [-0.15, -0.1) is 10.2 Å². The second-order valence-corrected chi connectivity index (χ2v) is 6.13. The summed E-state index contributed by atoms with van der Waals surface area (Å²) in [4.78, 5) is 13.1. The number of hydrogen-bond acceptors (Lipinski definition) is 4. The van der Waals surface area contributed by atoms with Gasteiger partial charge < -0.3 is 5.32 Å². The summed E-state index contributed by atoms with van der Waals surface area (Å²) in [6.07, 6.45) is -4.66. The molecule has 0 atom stereocenters. The number of anilines is 1. The summed E-state index contributed by atoms with van der Waals surface area (Å²) in [5, 5.41) is 13.9. The summed E-state index contributed by atoms with van der Waals surface area (Å²) in [5.74, 6) is -0.403. The van der Waals surface area contributed by atoms with Gasteiger partial charge >= 0.3 is 6.18 Å². The van der Waals surface area contributed by atoms with E-state index in [1.807, 2.05) is 25.1 Å². The van der Waals surface area contributed by atoms with Crippen molar-refractivity contribution in [3.8, 4) is 11.4 Å². The van der Waals surface area contributed by atoms with Gasteiger partial charge in [0.25, 0.3) is 0 Å². The van der Waals surface area contributed by atoms with Crippen LogP contribution in [0.15, 0.2) is 42.5 Å². The van der Waals surface area contributed by atoms with Gasteiger partial charge in [0.2, 0.25) is 11.7 Å². The first-order valence-corrected chi connectivity index (χ1v) is 8.12. The zero-order valence-electron chi connectivity index (χ0n) is 14.0. The normalized spacial score (nSPS) is 11.4. The number of rotatable bonds is 4. The minimum Gasteiger partial charge on any atom is -0.324 e. The van der Waals surface area contributed by atoms with Crippen molar-refractivity contribution in [2.45, 2.75) is 19.6 Å². The van der Waals surface area contributed by atoms with Gasteiger partial charge in [-0.2, -0.15) is 18.0 Å². The molecule has 2 aromatic carbocycles. The standard InChI is InChI=1S/C17H13ClF3N5O/c1-10-4-2-3-5-12(10)16-23-25-26(24-16)9-15(27)22-14-7-6-11(18)8-13(14)17(19,20)21/h2-8H,9H2,1H3,(H,22,27). The van der Waals surface area contributed by atoms with Gasteiger partial charge in [0, 0.05) is 10.6 Å². The lowest BCUT2D eigenvalue weighted by molar-refractivity contribution is -0.137. The highest BCUT2D eigenvalue weighted by Crippen LogP contribution is 2.36. The highest BCUT2D eigenvalue weighted by molar-refractivity contribution is 6.30. The van der Waals surface area contributed by atoms with Crippen LogP contribution in [0.4, 0.5) is 18.9 Å². The smallest absolute Gasteiger partial charge is 0.324 e. The van der Waals surface area contributed by atoms with E-state index in [0.29, 0.717) is 5.82 Å². The number of amides is 1. The molecule has 6 nitrogen and oxygen atoms in total. The summed E-state index contributed by atoms with van der Waals surface area (Å²) in [6.45, 7) is 1.49. The number of nitrogens with zero attached hydrogens (tertiary/aromatic N) is 4. The average Bonchev–Trinajstić information content (AvgIpc) is 3.04. The highest BCUT2D eigenvalue weighted by Gasteiger charge is 2.34. The fourth-order valence-corrected chi connectivity index (χ4v) is 2.59. The Balaban J connectivity index is 1.75. The van der Waals surface area contributed by atoms with Crippen LogP contribution >= 0.6 is 11.6 Å². The Kier molecular flexibility index (Phi) is 5.13. The molecule has 0 aliphatic heterocycles. The maximum absolute atomic E-state index is 13.1. The molecule has 27 heavy (non-hydrogen) atoms. The average molecular weight is 396 g/mol. The largest absolute Gasteiger partial charge is 0.418 e. The van der Waals surface area contributed by atoms with Crippen molar-refractivity contribution >= 4 is 23.2 Å². The number of benzene rings is 2. The predicted molar refractivity (Wildman–Crippen MR) is 93.1 cm³/mol. The lowest BCUT2D eigenvalue weighted by Gasteiger charge is -2.13. The van der Waals surface area contributed by atoms with E-state index in [4.69, 9.17) is 11.6 Å². The quantitative estimate of drug-likeness (QED) is 0.725. The number of aryl methyl sites for hydroxylation is 1. The van der Waals surface area contributed by atoms with Crippen molar-refractivity contribution in [2.75, 3.05) is 5.32 Å². The van der Waals surface area contributed by atoms with Crippen molar-refractivity contribution in [3.63, 3.8) is 0 Å². The Bertz CT molecular complexity index is 987. The van der Waals surface area contributed by atoms with Gasteiger partial charge in [0.05, 0.1) is 11.3 Å². The summed E-state index contributed by atoms with van der Waals surface area (Å²) in [7, 11) is 0. The molecule has 0 fully saturated rings. The summed E-state index contributed by atoms with van der Waals surface area (Å²) in [5.41, 5.74) is 0.255. The Hall–Kier alpha value is -2.94. The molecule has 1 N–H and O–H groups in total. The third kappa shape index (κ3) is 4.43. The Morgan fingerprint density at radius 2 is 1.96 bits per heavy atom. The molecule has 3 rings (SSSR count). The Labute approximate surface area is 157 Å². The monoisotopic (exact) mass is 395 g/mol. The molecule has 10 heteroatoms. The van der Waals surface area contributed by atoms with Crippen LogP contribution in [0.25, 0.3) is 11.4 Å². The van der Waals surface area contributed by atoms with E-state index < -0.39 is 29.9 Å². The SMILES string of the molecule is Cc1ccccc1-c1nnn(CC(=O)Nc2ccc(Cl)cc2C(F)(F)F)n1. The first-order valence-electron chi connectivity index (χ1n) is 7.74. The van der Waals surface area contributed by atoms with E-state index in [-0.39, 0.29) is 5.02 Å². The lowest BCUT2D eigenvalue weighted by Crippen LogP contribution is -2.22. The van der Waals surface area contributed by atoms with E-state index in [2.05, 4.69) is 20.7 Å². The molecular weight excluding hydrogens is 383 g/mol. The van der Waals surface area contributed by atoms with E-state index >= 15 is 0 Å². The lowest BCUT2D eigenvalue weighted by atomic mass is 10.1. The van der Waals surface area contributed by atoms with E-state index in [1.54, 1.807) is 6.07 Å². The van der Waals surface area contributed by atoms with Crippen LogP contribution in [0.2, 0.25) is 5.02 Å². The molecule has 3 aromatic rings. The number of halogens is 4. The molecule has 1 aromatic heterocycles. The third-order valence-corrected chi connectivity index (χ3v) is 3.92. The van der Waals surface area contributed by atoms with Gasteiger partial charge in [0.1, 0.15) is 6.54 Å². The molecule has 1 heterocycles. The third-order valence-electron chi connectivity index (χ3n) is 3.68. The number of carbonyl (C=O) groups excluding carboxylic acids is 1. The van der Waals surface area contributed by atoms with Crippen molar-refractivity contribution in [1.82, 2.24) is 20.2 Å². The van der Waals surface area contributed by atoms with Crippen LogP contribution in [0.5, 0.6) is 0 Å². The molecule has 0 bridgehead atoms. The molecule has 0 radical (unpaired) electrons. The van der Waals surface area contributed by atoms with Crippen LogP contribution < -0.4 is 5.32 Å². The van der Waals surface area contributed by atoms with Gasteiger partial charge in [-0.3, -0.25) is 4.79 Å². The summed E-state index contributed by atoms with van der Waals surface area (Å²) < 4.78 is 39.3. The first kappa shape index (κ1) is 18.8. The molecule has 0 aliphatic rings. The molecule has 0 spiro atoms. The fraction of sp³-hybridized carbons (Fsp3) is 0.176. The Morgan fingerprint density at radius 1 is 1.22 bits per heavy atom. The van der Waals surface area contributed by atoms with Gasteiger partial charge in [-0.05, 0) is 35.9 Å². The predicted octanol–water partition coefficient (Wildman–Crippen LogP) is 3.96. The van der Waals surface area contributed by atoms with E-state index in [1.165, 1.54) is 6.07 Å². The number of carbonyl (C=O) groups is 1. The Morgan fingerprint density at radius 3 is 2.67 bits per heavy atom.